The van der Waals surface area contributed by atoms with Crippen LogP contribution in [0.15, 0.2) is 35.8 Å². The Balaban J connectivity index is 1.44. The van der Waals surface area contributed by atoms with Crippen molar-refractivity contribution in [1.29, 1.82) is 0 Å². The number of aromatic nitrogens is 1. The van der Waals surface area contributed by atoms with Gasteiger partial charge in [0.25, 0.3) is 5.91 Å². The van der Waals surface area contributed by atoms with E-state index in [1.807, 2.05) is 5.38 Å². The van der Waals surface area contributed by atoms with Gasteiger partial charge in [-0.25, -0.2) is 9.37 Å². The molecule has 1 aromatic carbocycles. The first-order valence-electron chi connectivity index (χ1n) is 8.68. The largest absolute Gasteiger partial charge is 0.298 e. The van der Waals surface area contributed by atoms with Crippen LogP contribution in [0, 0.1) is 11.7 Å². The van der Waals surface area contributed by atoms with Crippen LogP contribution in [0.3, 0.4) is 0 Å². The second-order valence-electron chi connectivity index (χ2n) is 6.79. The molecular weight excluding hydrogens is 367 g/mol. The molecule has 0 aliphatic heterocycles. The highest BCUT2D eigenvalue weighted by molar-refractivity contribution is 7.15. The average Bonchev–Trinajstić information content (AvgIpc) is 3.23. The van der Waals surface area contributed by atoms with E-state index >= 15 is 0 Å². The van der Waals surface area contributed by atoms with Crippen molar-refractivity contribution in [2.24, 2.45) is 5.92 Å². The third-order valence-corrected chi connectivity index (χ3v) is 6.68. The summed E-state index contributed by atoms with van der Waals surface area (Å²) in [7, 11) is 0. The lowest BCUT2D eigenvalue weighted by Gasteiger charge is -2.18. The van der Waals surface area contributed by atoms with E-state index in [9.17, 15) is 9.18 Å². The summed E-state index contributed by atoms with van der Waals surface area (Å²) in [5, 5.41) is 5.52. The molecule has 4 rings (SSSR count). The Morgan fingerprint density at radius 2 is 2.15 bits per heavy atom. The lowest BCUT2D eigenvalue weighted by molar-refractivity contribution is 0.102. The second-order valence-corrected chi connectivity index (χ2v) is 8.87. The van der Waals surface area contributed by atoms with E-state index in [-0.39, 0.29) is 11.7 Å². The van der Waals surface area contributed by atoms with Gasteiger partial charge in [0.2, 0.25) is 0 Å². The summed E-state index contributed by atoms with van der Waals surface area (Å²) >= 11 is 3.16. The Bertz CT molecular complexity index is 930. The minimum Gasteiger partial charge on any atom is -0.298 e. The molecular formula is C20H19FN2OS2. The molecule has 0 radical (unpaired) electrons. The number of anilines is 1. The molecule has 0 spiro atoms. The van der Waals surface area contributed by atoms with Gasteiger partial charge in [-0.15, -0.1) is 22.7 Å². The molecule has 0 saturated carbocycles. The van der Waals surface area contributed by atoms with E-state index in [2.05, 4.69) is 17.2 Å². The molecule has 1 N–H and O–H groups in total. The van der Waals surface area contributed by atoms with E-state index in [0.29, 0.717) is 17.5 Å². The maximum atomic E-state index is 13.0. The topological polar surface area (TPSA) is 42.0 Å². The number of carbonyl (C=O) groups is 1. The molecule has 134 valence electrons. The highest BCUT2D eigenvalue weighted by Crippen LogP contribution is 2.33. The maximum Gasteiger partial charge on any atom is 0.258 e. The van der Waals surface area contributed by atoms with Crippen molar-refractivity contribution in [3.8, 4) is 0 Å². The Morgan fingerprint density at radius 3 is 2.96 bits per heavy atom. The Morgan fingerprint density at radius 1 is 1.35 bits per heavy atom. The standard InChI is InChI=1S/C20H19FN2OS2/c1-12-2-7-16-17(11-25-18(16)8-12)19(24)23-20-22-10-15(26-20)9-13-3-5-14(21)6-4-13/h3-6,10-12H,2,7-9H2,1H3,(H,22,23,24)/t12-/m0/s1. The Hall–Kier alpha value is -2.05. The van der Waals surface area contributed by atoms with Crippen LogP contribution >= 0.6 is 22.7 Å². The van der Waals surface area contributed by atoms with Gasteiger partial charge in [-0.1, -0.05) is 19.1 Å². The molecule has 26 heavy (non-hydrogen) atoms. The lowest BCUT2D eigenvalue weighted by atomic mass is 9.88. The highest BCUT2D eigenvalue weighted by atomic mass is 32.1. The minimum atomic E-state index is -0.237. The van der Waals surface area contributed by atoms with E-state index in [0.717, 1.165) is 35.3 Å². The molecule has 1 amide bonds. The number of nitrogens with zero attached hydrogens (tertiary/aromatic N) is 1. The van der Waals surface area contributed by atoms with Crippen molar-refractivity contribution < 1.29 is 9.18 Å². The number of carbonyl (C=O) groups excluding carboxylic acids is 1. The third-order valence-electron chi connectivity index (χ3n) is 4.71. The molecule has 3 aromatic rings. The van der Waals surface area contributed by atoms with Gasteiger partial charge >= 0.3 is 0 Å². The molecule has 3 nitrogen and oxygen atoms in total. The van der Waals surface area contributed by atoms with E-state index in [1.165, 1.54) is 33.9 Å². The fourth-order valence-corrected chi connectivity index (χ4v) is 5.37. The summed E-state index contributed by atoms with van der Waals surface area (Å²) in [5.41, 5.74) is 3.04. The SMILES string of the molecule is C[C@H]1CCc2c(C(=O)Nc3ncc(Cc4ccc(F)cc4)s3)csc2C1. The smallest absolute Gasteiger partial charge is 0.258 e. The monoisotopic (exact) mass is 386 g/mol. The summed E-state index contributed by atoms with van der Waals surface area (Å²) < 4.78 is 13.0. The highest BCUT2D eigenvalue weighted by Gasteiger charge is 2.23. The van der Waals surface area contributed by atoms with Crippen LogP contribution in [0.25, 0.3) is 0 Å². The van der Waals surface area contributed by atoms with Gasteiger partial charge in [-0.05, 0) is 48.4 Å². The normalized spacial score (nSPS) is 16.3. The van der Waals surface area contributed by atoms with Crippen molar-refractivity contribution in [2.45, 2.75) is 32.6 Å². The summed E-state index contributed by atoms with van der Waals surface area (Å²) in [6, 6.07) is 6.46. The molecule has 1 aliphatic carbocycles. The predicted molar refractivity (Wildman–Crippen MR) is 105 cm³/mol. The zero-order valence-corrected chi connectivity index (χ0v) is 16.1. The average molecular weight is 387 g/mol. The molecule has 0 saturated heterocycles. The Kier molecular flexibility index (Phi) is 4.87. The van der Waals surface area contributed by atoms with E-state index in [4.69, 9.17) is 0 Å². The van der Waals surface area contributed by atoms with Crippen LogP contribution < -0.4 is 5.32 Å². The van der Waals surface area contributed by atoms with Gasteiger partial charge in [0, 0.05) is 27.8 Å². The quantitative estimate of drug-likeness (QED) is 0.660. The molecule has 0 unspecified atom stereocenters. The van der Waals surface area contributed by atoms with Crippen LogP contribution in [-0.2, 0) is 19.3 Å². The number of hydrogen-bond donors (Lipinski definition) is 1. The number of fused-ring (bicyclic) bond motifs is 1. The van der Waals surface area contributed by atoms with Crippen molar-refractivity contribution in [3.05, 3.63) is 68.1 Å². The molecule has 1 aliphatic rings. The number of hydrogen-bond acceptors (Lipinski definition) is 4. The molecule has 0 bridgehead atoms. The third kappa shape index (κ3) is 3.71. The predicted octanol–water partition coefficient (Wildman–Crippen LogP) is 5.31. The fourth-order valence-electron chi connectivity index (χ4n) is 3.28. The van der Waals surface area contributed by atoms with Crippen LogP contribution in [0.4, 0.5) is 9.52 Å². The summed E-state index contributed by atoms with van der Waals surface area (Å²) in [5.74, 6) is 0.393. The zero-order chi connectivity index (χ0) is 18.1. The summed E-state index contributed by atoms with van der Waals surface area (Å²) in [6.07, 6.45) is 5.65. The molecule has 1 atom stereocenters. The number of amides is 1. The molecule has 6 heteroatoms. The number of rotatable bonds is 4. The van der Waals surface area contributed by atoms with Gasteiger partial charge < -0.3 is 0 Å². The van der Waals surface area contributed by atoms with Crippen molar-refractivity contribution >= 4 is 33.7 Å². The first-order chi connectivity index (χ1) is 12.6. The van der Waals surface area contributed by atoms with Crippen LogP contribution in [0.5, 0.6) is 0 Å². The van der Waals surface area contributed by atoms with Gasteiger partial charge in [-0.2, -0.15) is 0 Å². The van der Waals surface area contributed by atoms with E-state index < -0.39 is 0 Å². The first-order valence-corrected chi connectivity index (χ1v) is 10.4. The maximum absolute atomic E-state index is 13.0. The fraction of sp³-hybridized carbons (Fsp3) is 0.300. The summed E-state index contributed by atoms with van der Waals surface area (Å²) in [6.45, 7) is 2.26. The number of halogens is 1. The first kappa shape index (κ1) is 17.4. The van der Waals surface area contributed by atoms with Gasteiger partial charge in [-0.3, -0.25) is 10.1 Å². The Labute approximate surface area is 159 Å². The van der Waals surface area contributed by atoms with Gasteiger partial charge in [0.05, 0.1) is 5.56 Å². The zero-order valence-electron chi connectivity index (χ0n) is 14.4. The van der Waals surface area contributed by atoms with Crippen molar-refractivity contribution in [3.63, 3.8) is 0 Å². The van der Waals surface area contributed by atoms with E-state index in [1.54, 1.807) is 29.7 Å². The van der Waals surface area contributed by atoms with Gasteiger partial charge in [0.15, 0.2) is 5.13 Å². The summed E-state index contributed by atoms with van der Waals surface area (Å²) in [4.78, 5) is 19.4. The lowest BCUT2D eigenvalue weighted by Crippen LogP contribution is -2.16. The van der Waals surface area contributed by atoms with Crippen molar-refractivity contribution in [2.75, 3.05) is 5.32 Å². The van der Waals surface area contributed by atoms with Crippen LogP contribution in [-0.4, -0.2) is 10.9 Å². The van der Waals surface area contributed by atoms with Crippen molar-refractivity contribution in [1.82, 2.24) is 4.98 Å². The van der Waals surface area contributed by atoms with Crippen LogP contribution in [0.2, 0.25) is 0 Å². The molecule has 0 fully saturated rings. The van der Waals surface area contributed by atoms with Gasteiger partial charge in [0.1, 0.15) is 5.82 Å². The van der Waals surface area contributed by atoms with Crippen LogP contribution in [0.1, 0.15) is 44.6 Å². The molecule has 2 heterocycles. The number of thiophene rings is 1. The number of thiazole rings is 1. The number of benzene rings is 1. The minimum absolute atomic E-state index is 0.0697. The number of nitrogens with one attached hydrogen (secondary N) is 1. The second kappa shape index (κ2) is 7.29. The molecule has 2 aromatic heterocycles.